The largest absolute Gasteiger partial charge is 0.493 e. The number of aromatic nitrogens is 1. The van der Waals surface area contributed by atoms with Crippen LogP contribution in [0.5, 0.6) is 11.5 Å². The first-order chi connectivity index (χ1) is 17.2. The minimum absolute atomic E-state index is 0. The Bertz CT molecular complexity index is 1150. The number of aryl methyl sites for hydroxylation is 1. The van der Waals surface area contributed by atoms with Crippen molar-refractivity contribution in [2.24, 2.45) is 0 Å². The second-order valence-electron chi connectivity index (χ2n) is 7.90. The van der Waals surface area contributed by atoms with E-state index >= 15 is 0 Å². The van der Waals surface area contributed by atoms with Crippen molar-refractivity contribution in [2.45, 2.75) is 29.1 Å². The Balaban J connectivity index is 0.00000481. The van der Waals surface area contributed by atoms with Gasteiger partial charge in [-0.2, -0.15) is 13.2 Å². The van der Waals surface area contributed by atoms with Gasteiger partial charge in [-0.3, -0.25) is 9.78 Å². The number of alkyl halides is 4. The van der Waals surface area contributed by atoms with E-state index in [9.17, 15) is 18.0 Å². The maximum Gasteiger partial charge on any atom is 0.433 e. The van der Waals surface area contributed by atoms with Gasteiger partial charge >= 0.3 is 6.18 Å². The number of carbonyl (C=O) groups is 1. The summed E-state index contributed by atoms with van der Waals surface area (Å²) in [7, 11) is 4.67. The Morgan fingerprint density at radius 1 is 1.05 bits per heavy atom. The minimum atomic E-state index is -4.48. The van der Waals surface area contributed by atoms with E-state index in [0.717, 1.165) is 17.3 Å². The number of carbonyl (C=O) groups excluding carboxylic acids is 1. The number of hydrogen-bond donors (Lipinski definition) is 1. The van der Waals surface area contributed by atoms with Gasteiger partial charge in [0.05, 0.1) is 18.3 Å². The van der Waals surface area contributed by atoms with E-state index in [-0.39, 0.29) is 22.4 Å². The number of pyridine rings is 1. The number of rotatable bonds is 10. The van der Waals surface area contributed by atoms with Gasteiger partial charge in [-0.15, -0.1) is 12.4 Å². The first kappa shape index (κ1) is 30.5. The van der Waals surface area contributed by atoms with Crippen molar-refractivity contribution in [2.75, 3.05) is 26.2 Å². The predicted molar refractivity (Wildman–Crippen MR) is 148 cm³/mol. The summed E-state index contributed by atoms with van der Waals surface area (Å²) in [5.41, 5.74) is 1.28. The van der Waals surface area contributed by atoms with E-state index in [0.29, 0.717) is 29.9 Å². The van der Waals surface area contributed by atoms with Crippen molar-refractivity contribution in [3.05, 3.63) is 83.7 Å². The molecule has 0 saturated heterocycles. The van der Waals surface area contributed by atoms with E-state index < -0.39 is 17.9 Å². The third kappa shape index (κ3) is 7.64. The molecule has 3 aromatic rings. The van der Waals surface area contributed by atoms with Crippen LogP contribution < -0.4 is 19.7 Å². The molecule has 0 radical (unpaired) electrons. The average Bonchev–Trinajstić information content (AvgIpc) is 2.89. The normalized spacial score (nSPS) is 12.6. The highest BCUT2D eigenvalue weighted by molar-refractivity contribution is 14.1. The lowest BCUT2D eigenvalue weighted by atomic mass is 10.0. The van der Waals surface area contributed by atoms with Crippen LogP contribution in [-0.2, 0) is 17.4 Å². The van der Waals surface area contributed by atoms with E-state index in [4.69, 9.17) is 9.47 Å². The van der Waals surface area contributed by atoms with Gasteiger partial charge in [0.15, 0.2) is 11.5 Å². The summed E-state index contributed by atoms with van der Waals surface area (Å²) in [4.78, 5) is 18.7. The molecule has 0 spiro atoms. The number of hydrogen-bond acceptors (Lipinski definition) is 5. The number of methoxy groups -OCH3 is 2. The highest BCUT2D eigenvalue weighted by Crippen LogP contribution is 2.38. The van der Waals surface area contributed by atoms with Crippen molar-refractivity contribution >= 4 is 46.6 Å². The lowest BCUT2D eigenvalue weighted by molar-refractivity contribution is -0.141. The maximum atomic E-state index is 13.2. The van der Waals surface area contributed by atoms with Crippen molar-refractivity contribution < 1.29 is 27.4 Å². The van der Waals surface area contributed by atoms with E-state index in [1.54, 1.807) is 27.3 Å². The number of nitrogens with one attached hydrogen (secondary N) is 1. The fraction of sp³-hybridized carbons (Fsp3) is 0.308. The van der Waals surface area contributed by atoms with Crippen LogP contribution in [0.1, 0.15) is 29.3 Å². The van der Waals surface area contributed by atoms with Gasteiger partial charge < -0.3 is 19.7 Å². The molecule has 0 aliphatic carbocycles. The van der Waals surface area contributed by atoms with E-state index in [2.05, 4.69) is 32.9 Å². The molecule has 1 N–H and O–H groups in total. The van der Waals surface area contributed by atoms with Gasteiger partial charge in [-0.25, -0.2) is 0 Å². The first-order valence-corrected chi connectivity index (χ1v) is 12.4. The number of benzene rings is 2. The Labute approximate surface area is 234 Å². The van der Waals surface area contributed by atoms with Gasteiger partial charge in [-0.1, -0.05) is 59.0 Å². The van der Waals surface area contributed by atoms with Crippen LogP contribution >= 0.6 is 35.0 Å². The molecule has 200 valence electrons. The van der Waals surface area contributed by atoms with Crippen LogP contribution in [0.3, 0.4) is 0 Å². The molecular formula is C26H28ClF3IN3O3. The van der Waals surface area contributed by atoms with Gasteiger partial charge in [-0.05, 0) is 42.2 Å². The number of anilines is 1. The molecule has 1 heterocycles. The topological polar surface area (TPSA) is 63.7 Å². The molecule has 3 rings (SSSR count). The summed E-state index contributed by atoms with van der Waals surface area (Å²) >= 11 is 2.26. The molecule has 37 heavy (non-hydrogen) atoms. The number of amides is 1. The second-order valence-corrected chi connectivity index (χ2v) is 9.33. The molecule has 0 saturated carbocycles. The number of halogens is 5. The Hall–Kier alpha value is -2.73. The Kier molecular flexibility index (Phi) is 11.3. The molecule has 0 aliphatic rings. The van der Waals surface area contributed by atoms with Gasteiger partial charge in [0.25, 0.3) is 0 Å². The molecule has 0 bridgehead atoms. The Morgan fingerprint density at radius 2 is 1.73 bits per heavy atom. The summed E-state index contributed by atoms with van der Waals surface area (Å²) in [5.74, 6) is 0.867. The second kappa shape index (κ2) is 13.7. The van der Waals surface area contributed by atoms with Crippen LogP contribution in [0.15, 0.2) is 66.9 Å². The fourth-order valence-electron chi connectivity index (χ4n) is 3.83. The molecule has 1 unspecified atom stereocenters. The summed E-state index contributed by atoms with van der Waals surface area (Å²) in [5, 5.41) is 2.76. The van der Waals surface area contributed by atoms with Crippen LogP contribution in [0.4, 0.5) is 18.9 Å². The lowest BCUT2D eigenvalue weighted by Crippen LogP contribution is -2.43. The van der Waals surface area contributed by atoms with Gasteiger partial charge in [0, 0.05) is 25.0 Å². The Morgan fingerprint density at radius 3 is 2.27 bits per heavy atom. The standard InChI is InChI=1S/C26H27F3IN3O3.ClH/c1-31-25(34)24(18-7-5-4-6-8-18)33(19-11-12-20(35-2)21(15-19)36-3)23(30)14-10-17-9-13-22(32-16-17)26(27,28)29;/h4-9,11-13,15-16,23-24H,10,14H2,1-3H3,(H,31,34);1H/t23-,24?;/m1./s1. The van der Waals surface area contributed by atoms with Crippen LogP contribution in [0.2, 0.25) is 0 Å². The van der Waals surface area contributed by atoms with Crippen molar-refractivity contribution in [3.8, 4) is 11.5 Å². The minimum Gasteiger partial charge on any atom is -0.493 e. The summed E-state index contributed by atoms with van der Waals surface area (Å²) < 4.78 is 49.3. The number of likely N-dealkylation sites (N-methyl/N-ethyl adjacent to an activating group) is 1. The fourth-order valence-corrected chi connectivity index (χ4v) is 4.79. The van der Waals surface area contributed by atoms with Crippen LogP contribution in [0.25, 0.3) is 0 Å². The monoisotopic (exact) mass is 649 g/mol. The summed E-state index contributed by atoms with van der Waals surface area (Å²) in [6.07, 6.45) is -2.22. The number of ether oxygens (including phenoxy) is 2. The molecule has 1 aromatic heterocycles. The van der Waals surface area contributed by atoms with Gasteiger partial charge in [0.2, 0.25) is 5.91 Å². The zero-order valence-corrected chi connectivity index (χ0v) is 23.4. The molecule has 2 aromatic carbocycles. The predicted octanol–water partition coefficient (Wildman–Crippen LogP) is 6.23. The average molecular weight is 650 g/mol. The molecule has 11 heteroatoms. The van der Waals surface area contributed by atoms with Crippen molar-refractivity contribution in [1.82, 2.24) is 10.3 Å². The third-order valence-corrected chi connectivity index (χ3v) is 6.86. The quantitative estimate of drug-likeness (QED) is 0.160. The molecular weight excluding hydrogens is 622 g/mol. The third-order valence-electron chi connectivity index (χ3n) is 5.64. The lowest BCUT2D eigenvalue weighted by Gasteiger charge is -2.37. The molecule has 1 amide bonds. The smallest absolute Gasteiger partial charge is 0.433 e. The molecule has 0 aliphatic heterocycles. The highest BCUT2D eigenvalue weighted by Gasteiger charge is 2.33. The maximum absolute atomic E-state index is 13.2. The van der Waals surface area contributed by atoms with Crippen LogP contribution in [-0.4, -0.2) is 36.2 Å². The molecule has 2 atom stereocenters. The van der Waals surface area contributed by atoms with E-state index in [1.807, 2.05) is 47.4 Å². The van der Waals surface area contributed by atoms with Crippen LogP contribution in [0, 0.1) is 0 Å². The van der Waals surface area contributed by atoms with Gasteiger partial charge in [0.1, 0.15) is 11.7 Å². The summed E-state index contributed by atoms with van der Waals surface area (Å²) in [6, 6.07) is 16.6. The zero-order chi connectivity index (χ0) is 26.3. The number of nitrogens with zero attached hydrogens (tertiary/aromatic N) is 2. The van der Waals surface area contributed by atoms with Crippen molar-refractivity contribution in [3.63, 3.8) is 0 Å². The molecule has 0 fully saturated rings. The van der Waals surface area contributed by atoms with E-state index in [1.165, 1.54) is 12.3 Å². The van der Waals surface area contributed by atoms with Crippen molar-refractivity contribution in [1.29, 1.82) is 0 Å². The molecule has 6 nitrogen and oxygen atoms in total. The highest BCUT2D eigenvalue weighted by atomic mass is 127. The first-order valence-electron chi connectivity index (χ1n) is 11.1. The summed E-state index contributed by atoms with van der Waals surface area (Å²) in [6.45, 7) is 0. The SMILES string of the molecule is CNC(=O)C(c1ccccc1)N(c1ccc(OC)c(OC)c1)[C@@H](I)CCc1ccc(C(F)(F)F)nc1.Cl. The zero-order valence-electron chi connectivity index (χ0n) is 20.5.